The van der Waals surface area contributed by atoms with E-state index in [-0.39, 0.29) is 16.4 Å². The molecule has 0 unspecified atom stereocenters. The van der Waals surface area contributed by atoms with Crippen LogP contribution in [0, 0.1) is 5.82 Å². The molecule has 0 aliphatic carbocycles. The molecule has 0 saturated heterocycles. The van der Waals surface area contributed by atoms with Gasteiger partial charge in [0.05, 0.1) is 22.9 Å². The van der Waals surface area contributed by atoms with E-state index in [1.807, 2.05) is 17.0 Å². The largest absolute Gasteiger partial charge is 0.464 e. The zero-order valence-corrected chi connectivity index (χ0v) is 17.1. The number of benzene rings is 2. The Morgan fingerprint density at radius 1 is 1.16 bits per heavy atom. The monoisotopic (exact) mass is 437 g/mol. The molecule has 6 nitrogen and oxygen atoms in total. The number of nitrogens with one attached hydrogen (secondary N) is 1. The summed E-state index contributed by atoms with van der Waals surface area (Å²) in [5.74, 6) is 0.0176. The van der Waals surface area contributed by atoms with Crippen LogP contribution in [0.4, 0.5) is 4.39 Å². The Labute approximate surface area is 180 Å². The van der Waals surface area contributed by atoms with Crippen molar-refractivity contribution in [2.75, 3.05) is 6.54 Å². The van der Waals surface area contributed by atoms with Crippen LogP contribution in [-0.2, 0) is 19.5 Å². The third kappa shape index (κ3) is 3.78. The molecule has 5 rings (SSSR count). The van der Waals surface area contributed by atoms with E-state index in [1.54, 1.807) is 12.1 Å². The smallest absolute Gasteiger partial charge is 0.255 e. The van der Waals surface area contributed by atoms with Gasteiger partial charge >= 0.3 is 0 Å². The predicted molar refractivity (Wildman–Crippen MR) is 116 cm³/mol. The molecule has 2 aromatic carbocycles. The van der Waals surface area contributed by atoms with Crippen LogP contribution in [0.25, 0.3) is 22.4 Å². The number of aromatic nitrogens is 2. The Kier molecular flexibility index (Phi) is 4.92. The van der Waals surface area contributed by atoms with E-state index in [4.69, 9.17) is 16.0 Å². The molecule has 2 aromatic heterocycles. The van der Waals surface area contributed by atoms with Crippen molar-refractivity contribution in [2.24, 2.45) is 0 Å². The van der Waals surface area contributed by atoms with Crippen molar-refractivity contribution < 1.29 is 8.81 Å². The van der Waals surface area contributed by atoms with Crippen LogP contribution in [-0.4, -0.2) is 21.4 Å². The molecule has 0 amide bonds. The maximum absolute atomic E-state index is 13.5. The SMILES string of the molecule is O=c1[nH]c(-c2ccc(Cl)cc2)nc2c1CN(Cc1coc3ccc(F)cc3c1=O)CC2. The van der Waals surface area contributed by atoms with Crippen LogP contribution in [0.3, 0.4) is 0 Å². The van der Waals surface area contributed by atoms with Crippen LogP contribution in [0.5, 0.6) is 0 Å². The molecule has 3 heterocycles. The van der Waals surface area contributed by atoms with Gasteiger partial charge in [-0.15, -0.1) is 0 Å². The Hall–Kier alpha value is -3.29. The van der Waals surface area contributed by atoms with Crippen LogP contribution >= 0.6 is 11.6 Å². The highest BCUT2D eigenvalue weighted by atomic mass is 35.5. The molecule has 1 aliphatic heterocycles. The topological polar surface area (TPSA) is 79.2 Å². The molecule has 1 N–H and O–H groups in total. The Morgan fingerprint density at radius 3 is 2.77 bits per heavy atom. The van der Waals surface area contributed by atoms with E-state index in [1.165, 1.54) is 24.5 Å². The summed E-state index contributed by atoms with van der Waals surface area (Å²) in [5, 5.41) is 0.822. The first kappa shape index (κ1) is 19.7. The van der Waals surface area contributed by atoms with Crippen LogP contribution in [0.1, 0.15) is 16.8 Å². The van der Waals surface area contributed by atoms with Crippen LogP contribution in [0.2, 0.25) is 5.02 Å². The minimum Gasteiger partial charge on any atom is -0.464 e. The van der Waals surface area contributed by atoms with Crippen molar-refractivity contribution in [1.82, 2.24) is 14.9 Å². The van der Waals surface area contributed by atoms with Crippen LogP contribution in [0.15, 0.2) is 62.7 Å². The van der Waals surface area contributed by atoms with Gasteiger partial charge in [0.2, 0.25) is 0 Å². The first-order valence-corrected chi connectivity index (χ1v) is 10.2. The number of aromatic amines is 1. The van der Waals surface area contributed by atoms with Gasteiger partial charge < -0.3 is 9.40 Å². The van der Waals surface area contributed by atoms with E-state index >= 15 is 0 Å². The van der Waals surface area contributed by atoms with E-state index in [0.717, 1.165) is 11.3 Å². The quantitative estimate of drug-likeness (QED) is 0.526. The van der Waals surface area contributed by atoms with E-state index in [0.29, 0.717) is 53.6 Å². The summed E-state index contributed by atoms with van der Waals surface area (Å²) < 4.78 is 19.1. The normalized spacial score (nSPS) is 14.0. The Balaban J connectivity index is 1.42. The zero-order chi connectivity index (χ0) is 21.5. The van der Waals surface area contributed by atoms with Crippen molar-refractivity contribution in [3.8, 4) is 11.4 Å². The number of fused-ring (bicyclic) bond motifs is 2. The second-order valence-corrected chi connectivity index (χ2v) is 7.97. The molecular formula is C23H17ClFN3O3. The summed E-state index contributed by atoms with van der Waals surface area (Å²) in [7, 11) is 0. The first-order valence-electron chi connectivity index (χ1n) is 9.78. The number of rotatable bonds is 3. The summed E-state index contributed by atoms with van der Waals surface area (Å²) in [4.78, 5) is 34.9. The van der Waals surface area contributed by atoms with E-state index in [9.17, 15) is 14.0 Å². The molecular weight excluding hydrogens is 421 g/mol. The van der Waals surface area contributed by atoms with Gasteiger partial charge in [-0.1, -0.05) is 11.6 Å². The van der Waals surface area contributed by atoms with Gasteiger partial charge in [0.25, 0.3) is 5.56 Å². The molecule has 0 fully saturated rings. The standard InChI is InChI=1S/C23H17ClFN3O3/c24-15-3-1-13(2-4-15)22-26-19-7-8-28(11-18(19)23(30)27-22)10-14-12-31-20-6-5-16(25)9-17(20)21(14)29/h1-6,9,12H,7-8,10-11H2,(H,26,27,30). The van der Waals surface area contributed by atoms with Gasteiger partial charge in [0.1, 0.15) is 17.2 Å². The predicted octanol–water partition coefficient (Wildman–Crippen LogP) is 3.89. The third-order valence-corrected chi connectivity index (χ3v) is 5.72. The van der Waals surface area contributed by atoms with E-state index < -0.39 is 5.82 Å². The maximum Gasteiger partial charge on any atom is 0.255 e. The van der Waals surface area contributed by atoms with Crippen molar-refractivity contribution in [3.63, 3.8) is 0 Å². The van der Waals surface area contributed by atoms with Crippen LogP contribution < -0.4 is 11.0 Å². The molecule has 31 heavy (non-hydrogen) atoms. The zero-order valence-electron chi connectivity index (χ0n) is 16.3. The lowest BCUT2D eigenvalue weighted by atomic mass is 10.1. The molecule has 0 spiro atoms. The molecule has 156 valence electrons. The van der Waals surface area contributed by atoms with Gasteiger partial charge in [-0.2, -0.15) is 0 Å². The van der Waals surface area contributed by atoms with Gasteiger partial charge in [-0.25, -0.2) is 9.37 Å². The minimum absolute atomic E-state index is 0.202. The lowest BCUT2D eigenvalue weighted by Crippen LogP contribution is -2.36. The number of nitrogens with zero attached hydrogens (tertiary/aromatic N) is 2. The fourth-order valence-electron chi connectivity index (χ4n) is 3.85. The van der Waals surface area contributed by atoms with Gasteiger partial charge in [0.15, 0.2) is 5.43 Å². The fraction of sp³-hybridized carbons (Fsp3) is 0.174. The van der Waals surface area contributed by atoms with Gasteiger partial charge in [-0.05, 0) is 42.5 Å². The Morgan fingerprint density at radius 2 is 1.97 bits per heavy atom. The second kappa shape index (κ2) is 7.76. The van der Waals surface area contributed by atoms with E-state index in [2.05, 4.69) is 9.97 Å². The minimum atomic E-state index is -0.488. The number of H-pyrrole nitrogens is 1. The van der Waals surface area contributed by atoms with Crippen molar-refractivity contribution in [3.05, 3.63) is 97.0 Å². The molecule has 0 bridgehead atoms. The molecule has 0 saturated carbocycles. The third-order valence-electron chi connectivity index (χ3n) is 5.47. The molecule has 4 aromatic rings. The number of hydrogen-bond donors (Lipinski definition) is 1. The summed E-state index contributed by atoms with van der Waals surface area (Å²) in [5.41, 5.74) is 2.41. The highest BCUT2D eigenvalue weighted by molar-refractivity contribution is 6.30. The molecule has 0 atom stereocenters. The van der Waals surface area contributed by atoms with Crippen molar-refractivity contribution in [2.45, 2.75) is 19.5 Å². The summed E-state index contributed by atoms with van der Waals surface area (Å²) >= 11 is 5.93. The average molecular weight is 438 g/mol. The van der Waals surface area contributed by atoms with Crippen molar-refractivity contribution >= 4 is 22.6 Å². The number of halogens is 2. The molecule has 1 aliphatic rings. The van der Waals surface area contributed by atoms with Gasteiger partial charge in [0, 0.05) is 42.2 Å². The highest BCUT2D eigenvalue weighted by Crippen LogP contribution is 2.21. The average Bonchev–Trinajstić information content (AvgIpc) is 2.77. The summed E-state index contributed by atoms with van der Waals surface area (Å²) in [6.07, 6.45) is 1.98. The highest BCUT2D eigenvalue weighted by Gasteiger charge is 2.23. The lowest BCUT2D eigenvalue weighted by Gasteiger charge is -2.27. The summed E-state index contributed by atoms with van der Waals surface area (Å²) in [6, 6.07) is 11.0. The first-order chi connectivity index (χ1) is 15.0. The lowest BCUT2D eigenvalue weighted by molar-refractivity contribution is 0.239. The summed E-state index contributed by atoms with van der Waals surface area (Å²) in [6.45, 7) is 1.29. The Bertz CT molecular complexity index is 1410. The van der Waals surface area contributed by atoms with Crippen molar-refractivity contribution in [1.29, 1.82) is 0 Å². The fourth-order valence-corrected chi connectivity index (χ4v) is 3.98. The number of hydrogen-bond acceptors (Lipinski definition) is 5. The van der Waals surface area contributed by atoms with Gasteiger partial charge in [-0.3, -0.25) is 14.5 Å². The second-order valence-electron chi connectivity index (χ2n) is 7.54. The molecule has 8 heteroatoms. The molecule has 0 radical (unpaired) electrons. The maximum atomic E-state index is 13.5.